The Morgan fingerprint density at radius 1 is 1.47 bits per heavy atom. The van der Waals surface area contributed by atoms with Crippen molar-refractivity contribution in [1.29, 1.82) is 0 Å². The van der Waals surface area contributed by atoms with Crippen LogP contribution in [0.3, 0.4) is 0 Å². The molecule has 0 aromatic carbocycles. The first-order chi connectivity index (χ1) is 6.92. The molecule has 15 heavy (non-hydrogen) atoms. The first-order valence-electron chi connectivity index (χ1n) is 5.63. The SMILES string of the molecule is CCCn1cc(C(O)CC(C)(C)C)cn1. The van der Waals surface area contributed by atoms with E-state index >= 15 is 0 Å². The fourth-order valence-corrected chi connectivity index (χ4v) is 1.60. The number of aliphatic hydroxyl groups excluding tert-OH is 1. The predicted octanol–water partition coefficient (Wildman–Crippen LogP) is 2.76. The van der Waals surface area contributed by atoms with E-state index in [0.29, 0.717) is 0 Å². The molecule has 1 aromatic rings. The number of aryl methyl sites for hydroxylation is 1. The van der Waals surface area contributed by atoms with E-state index in [2.05, 4.69) is 32.8 Å². The smallest absolute Gasteiger partial charge is 0.0825 e. The van der Waals surface area contributed by atoms with Crippen molar-refractivity contribution in [3.05, 3.63) is 18.0 Å². The van der Waals surface area contributed by atoms with Gasteiger partial charge in [-0.3, -0.25) is 4.68 Å². The lowest BCUT2D eigenvalue weighted by Crippen LogP contribution is -2.11. The maximum atomic E-state index is 9.98. The van der Waals surface area contributed by atoms with Crippen molar-refractivity contribution in [3.8, 4) is 0 Å². The second-order valence-corrected chi connectivity index (χ2v) is 5.32. The molecule has 0 spiro atoms. The van der Waals surface area contributed by atoms with E-state index in [4.69, 9.17) is 0 Å². The molecule has 1 heterocycles. The molecule has 0 saturated heterocycles. The van der Waals surface area contributed by atoms with Crippen molar-refractivity contribution in [2.75, 3.05) is 0 Å². The molecule has 1 unspecified atom stereocenters. The summed E-state index contributed by atoms with van der Waals surface area (Å²) in [5.74, 6) is 0. The van der Waals surface area contributed by atoms with Gasteiger partial charge in [0.25, 0.3) is 0 Å². The van der Waals surface area contributed by atoms with Crippen LogP contribution in [0.5, 0.6) is 0 Å². The minimum Gasteiger partial charge on any atom is -0.388 e. The van der Waals surface area contributed by atoms with Crippen LogP contribution in [0.15, 0.2) is 12.4 Å². The zero-order valence-corrected chi connectivity index (χ0v) is 10.2. The van der Waals surface area contributed by atoms with Gasteiger partial charge >= 0.3 is 0 Å². The molecule has 1 rings (SSSR count). The molecule has 0 fully saturated rings. The largest absolute Gasteiger partial charge is 0.388 e. The van der Waals surface area contributed by atoms with Crippen LogP contribution in [0, 0.1) is 5.41 Å². The molecular formula is C12H22N2O. The summed E-state index contributed by atoms with van der Waals surface area (Å²) in [6.45, 7) is 9.43. The second kappa shape index (κ2) is 4.79. The third kappa shape index (κ3) is 4.04. The monoisotopic (exact) mass is 210 g/mol. The third-order valence-corrected chi connectivity index (χ3v) is 2.30. The molecule has 0 aliphatic rings. The third-order valence-electron chi connectivity index (χ3n) is 2.30. The van der Waals surface area contributed by atoms with Crippen molar-refractivity contribution in [3.63, 3.8) is 0 Å². The van der Waals surface area contributed by atoms with Gasteiger partial charge in [0.15, 0.2) is 0 Å². The van der Waals surface area contributed by atoms with Gasteiger partial charge in [0.05, 0.1) is 12.3 Å². The van der Waals surface area contributed by atoms with Crippen molar-refractivity contribution in [2.24, 2.45) is 5.41 Å². The summed E-state index contributed by atoms with van der Waals surface area (Å²) in [5.41, 5.74) is 1.07. The summed E-state index contributed by atoms with van der Waals surface area (Å²) in [7, 11) is 0. The Kier molecular flexibility index (Phi) is 3.91. The summed E-state index contributed by atoms with van der Waals surface area (Å²) in [6.07, 6.45) is 5.16. The predicted molar refractivity (Wildman–Crippen MR) is 61.5 cm³/mol. The highest BCUT2D eigenvalue weighted by Gasteiger charge is 2.19. The highest BCUT2D eigenvalue weighted by atomic mass is 16.3. The first kappa shape index (κ1) is 12.2. The minimum absolute atomic E-state index is 0.145. The molecule has 0 radical (unpaired) electrons. The summed E-state index contributed by atoms with van der Waals surface area (Å²) in [5, 5.41) is 14.2. The van der Waals surface area contributed by atoms with Crippen LogP contribution in [0.2, 0.25) is 0 Å². The van der Waals surface area contributed by atoms with Crippen molar-refractivity contribution >= 4 is 0 Å². The first-order valence-corrected chi connectivity index (χ1v) is 5.63. The summed E-state index contributed by atoms with van der Waals surface area (Å²) in [4.78, 5) is 0. The lowest BCUT2D eigenvalue weighted by atomic mass is 9.88. The standard InChI is InChI=1S/C12H22N2O/c1-5-6-14-9-10(8-13-14)11(15)7-12(2,3)4/h8-9,11,15H,5-7H2,1-4H3. The normalized spacial score (nSPS) is 14.2. The van der Waals surface area contributed by atoms with Gasteiger partial charge in [0, 0.05) is 18.3 Å². The highest BCUT2D eigenvalue weighted by molar-refractivity contribution is 5.08. The molecule has 86 valence electrons. The van der Waals surface area contributed by atoms with Crippen LogP contribution in [0.25, 0.3) is 0 Å². The molecule has 0 bridgehead atoms. The molecule has 1 N–H and O–H groups in total. The number of hydrogen-bond acceptors (Lipinski definition) is 2. The Labute approximate surface area is 92.1 Å². The van der Waals surface area contributed by atoms with Crippen LogP contribution < -0.4 is 0 Å². The maximum absolute atomic E-state index is 9.98. The Morgan fingerprint density at radius 3 is 2.67 bits per heavy atom. The molecule has 3 nitrogen and oxygen atoms in total. The molecule has 3 heteroatoms. The molecule has 1 aromatic heterocycles. The molecule has 0 saturated carbocycles. The average Bonchev–Trinajstić information content (AvgIpc) is 2.50. The van der Waals surface area contributed by atoms with Gasteiger partial charge in [-0.05, 0) is 18.3 Å². The summed E-state index contributed by atoms with van der Waals surface area (Å²) < 4.78 is 1.89. The topological polar surface area (TPSA) is 38.0 Å². The molecule has 0 aliphatic carbocycles. The number of hydrogen-bond donors (Lipinski definition) is 1. The second-order valence-electron chi connectivity index (χ2n) is 5.32. The van der Waals surface area contributed by atoms with E-state index in [9.17, 15) is 5.11 Å². The van der Waals surface area contributed by atoms with Crippen LogP contribution in [0.1, 0.15) is 52.2 Å². The molecular weight excluding hydrogens is 188 g/mol. The fraction of sp³-hybridized carbons (Fsp3) is 0.750. The number of rotatable bonds is 4. The fourth-order valence-electron chi connectivity index (χ4n) is 1.60. The highest BCUT2D eigenvalue weighted by Crippen LogP contribution is 2.28. The van der Waals surface area contributed by atoms with Crippen LogP contribution >= 0.6 is 0 Å². The van der Waals surface area contributed by atoms with Gasteiger partial charge in [-0.25, -0.2) is 0 Å². The molecule has 0 aliphatic heterocycles. The van der Waals surface area contributed by atoms with Gasteiger partial charge < -0.3 is 5.11 Å². The van der Waals surface area contributed by atoms with Crippen LogP contribution in [-0.2, 0) is 6.54 Å². The van der Waals surface area contributed by atoms with Gasteiger partial charge in [0.2, 0.25) is 0 Å². The van der Waals surface area contributed by atoms with Gasteiger partial charge in [0.1, 0.15) is 0 Å². The minimum atomic E-state index is -0.393. The number of nitrogens with zero attached hydrogens (tertiary/aromatic N) is 2. The Bertz CT molecular complexity index is 299. The van der Waals surface area contributed by atoms with Crippen LogP contribution in [-0.4, -0.2) is 14.9 Å². The van der Waals surface area contributed by atoms with Crippen molar-refractivity contribution in [1.82, 2.24) is 9.78 Å². The summed E-state index contributed by atoms with van der Waals surface area (Å²) in [6, 6.07) is 0. The van der Waals surface area contributed by atoms with Crippen molar-refractivity contribution in [2.45, 2.75) is 53.2 Å². The van der Waals surface area contributed by atoms with Crippen LogP contribution in [0.4, 0.5) is 0 Å². The zero-order chi connectivity index (χ0) is 11.5. The molecule has 0 amide bonds. The van der Waals surface area contributed by atoms with E-state index < -0.39 is 6.10 Å². The van der Waals surface area contributed by atoms with E-state index in [1.165, 1.54) is 0 Å². The van der Waals surface area contributed by atoms with Gasteiger partial charge in [-0.1, -0.05) is 27.7 Å². The number of aliphatic hydroxyl groups is 1. The maximum Gasteiger partial charge on any atom is 0.0825 e. The van der Waals surface area contributed by atoms with Crippen molar-refractivity contribution < 1.29 is 5.11 Å². The van der Waals surface area contributed by atoms with E-state index in [1.807, 2.05) is 10.9 Å². The van der Waals surface area contributed by atoms with E-state index in [-0.39, 0.29) is 5.41 Å². The van der Waals surface area contributed by atoms with Gasteiger partial charge in [-0.15, -0.1) is 0 Å². The lowest BCUT2D eigenvalue weighted by Gasteiger charge is -2.21. The zero-order valence-electron chi connectivity index (χ0n) is 10.2. The lowest BCUT2D eigenvalue weighted by molar-refractivity contribution is 0.122. The van der Waals surface area contributed by atoms with E-state index in [1.54, 1.807) is 6.20 Å². The van der Waals surface area contributed by atoms with E-state index in [0.717, 1.165) is 24.9 Å². The molecule has 1 atom stereocenters. The average molecular weight is 210 g/mol. The quantitative estimate of drug-likeness (QED) is 0.829. The Hall–Kier alpha value is -0.830. The number of aromatic nitrogens is 2. The van der Waals surface area contributed by atoms with Gasteiger partial charge in [-0.2, -0.15) is 5.10 Å². The summed E-state index contributed by atoms with van der Waals surface area (Å²) >= 11 is 0. The Morgan fingerprint density at radius 2 is 2.13 bits per heavy atom. The Balaban J connectivity index is 2.61.